The third kappa shape index (κ3) is 4.63. The van der Waals surface area contributed by atoms with Crippen LogP contribution in [0.5, 0.6) is 0 Å². The molecule has 0 aliphatic carbocycles. The Morgan fingerprint density at radius 2 is 1.86 bits per heavy atom. The molecule has 0 spiro atoms. The normalized spacial score (nSPS) is 27.0. The Labute approximate surface area is 137 Å². The largest absolute Gasteiger partial charge is 0.353 e. The number of thioether (sulfide) groups is 1. The third-order valence-electron chi connectivity index (χ3n) is 4.23. The molecule has 5 heteroatoms. The summed E-state index contributed by atoms with van der Waals surface area (Å²) in [6.45, 7) is 2.08. The number of benzene rings is 1. The van der Waals surface area contributed by atoms with E-state index in [2.05, 4.69) is 41.8 Å². The fraction of sp³-hybridized carbons (Fsp3) is 0.562. The van der Waals surface area contributed by atoms with E-state index >= 15 is 0 Å². The first-order valence-electron chi connectivity index (χ1n) is 7.44. The van der Waals surface area contributed by atoms with Gasteiger partial charge in [-0.2, -0.15) is 0 Å². The van der Waals surface area contributed by atoms with Crippen LogP contribution in [0.2, 0.25) is 0 Å². The molecule has 1 aromatic rings. The highest BCUT2D eigenvalue weighted by molar-refractivity contribution is 8.00. The molecule has 2 unspecified atom stereocenters. The van der Waals surface area contributed by atoms with Crippen LogP contribution in [0.1, 0.15) is 31.2 Å². The van der Waals surface area contributed by atoms with Gasteiger partial charge in [-0.1, -0.05) is 17.7 Å². The summed E-state index contributed by atoms with van der Waals surface area (Å²) in [5, 5.41) is 6.80. The van der Waals surface area contributed by atoms with Crippen LogP contribution in [-0.2, 0) is 4.79 Å². The zero-order valence-electron chi connectivity index (χ0n) is 12.3. The molecule has 2 atom stereocenters. The summed E-state index contributed by atoms with van der Waals surface area (Å²) in [4.78, 5) is 13.2. The van der Waals surface area contributed by atoms with Crippen molar-refractivity contribution in [3.05, 3.63) is 29.8 Å². The average molecular weight is 327 g/mol. The summed E-state index contributed by atoms with van der Waals surface area (Å²) in [6, 6.07) is 9.97. The second-order valence-electron chi connectivity index (χ2n) is 5.98. The lowest BCUT2D eigenvalue weighted by Crippen LogP contribution is -2.48. The second-order valence-corrected chi connectivity index (χ2v) is 7.02. The van der Waals surface area contributed by atoms with Gasteiger partial charge in [-0.05, 0) is 44.7 Å². The number of halogens is 1. The maximum absolute atomic E-state index is 12.0. The van der Waals surface area contributed by atoms with Crippen molar-refractivity contribution < 1.29 is 4.79 Å². The van der Waals surface area contributed by atoms with Crippen LogP contribution in [0.4, 0.5) is 0 Å². The van der Waals surface area contributed by atoms with Crippen LogP contribution >= 0.6 is 24.2 Å². The van der Waals surface area contributed by atoms with E-state index in [4.69, 9.17) is 0 Å². The standard InChI is InChI=1S/C16H22N2OS.ClH/c1-11-2-6-15(7-3-11)20-10-16(19)18-14-8-12-4-5-13(9-14)17-12;/h2-3,6-7,12-14,17H,4-5,8-10H2,1H3,(H,18,19);1H. The number of nitrogens with one attached hydrogen (secondary N) is 2. The minimum absolute atomic E-state index is 0. The second kappa shape index (κ2) is 7.52. The average Bonchev–Trinajstić information content (AvgIpc) is 2.77. The Morgan fingerprint density at radius 3 is 2.48 bits per heavy atom. The van der Waals surface area contributed by atoms with Crippen molar-refractivity contribution in [2.75, 3.05) is 5.75 Å². The van der Waals surface area contributed by atoms with Crippen LogP contribution < -0.4 is 10.6 Å². The van der Waals surface area contributed by atoms with Crippen LogP contribution in [0.25, 0.3) is 0 Å². The molecule has 2 aliphatic heterocycles. The van der Waals surface area contributed by atoms with Crippen molar-refractivity contribution in [2.45, 2.75) is 55.6 Å². The first-order chi connectivity index (χ1) is 9.69. The topological polar surface area (TPSA) is 41.1 Å². The molecule has 3 rings (SSSR count). The Hall–Kier alpha value is -0.710. The molecule has 2 N–H and O–H groups in total. The number of hydrogen-bond donors (Lipinski definition) is 2. The number of piperidine rings is 1. The summed E-state index contributed by atoms with van der Waals surface area (Å²) in [5.41, 5.74) is 1.25. The first-order valence-corrected chi connectivity index (χ1v) is 8.42. The van der Waals surface area contributed by atoms with Crippen molar-refractivity contribution in [3.63, 3.8) is 0 Å². The third-order valence-corrected chi connectivity index (χ3v) is 5.24. The molecule has 2 heterocycles. The molecule has 0 aromatic heterocycles. The Kier molecular flexibility index (Phi) is 5.97. The van der Waals surface area contributed by atoms with Crippen LogP contribution in [0.15, 0.2) is 29.2 Å². The van der Waals surface area contributed by atoms with E-state index in [1.165, 1.54) is 18.4 Å². The van der Waals surface area contributed by atoms with Gasteiger partial charge in [0, 0.05) is 23.0 Å². The fourth-order valence-electron chi connectivity index (χ4n) is 3.23. The lowest BCUT2D eigenvalue weighted by atomic mass is 10.00. The number of carbonyl (C=O) groups is 1. The number of aryl methyl sites for hydroxylation is 1. The Morgan fingerprint density at radius 1 is 1.24 bits per heavy atom. The smallest absolute Gasteiger partial charge is 0.230 e. The van der Waals surface area contributed by atoms with E-state index in [0.29, 0.717) is 23.9 Å². The van der Waals surface area contributed by atoms with Gasteiger partial charge in [-0.15, -0.1) is 24.2 Å². The summed E-state index contributed by atoms with van der Waals surface area (Å²) in [5.74, 6) is 0.685. The van der Waals surface area contributed by atoms with Gasteiger partial charge in [0.25, 0.3) is 0 Å². The van der Waals surface area contributed by atoms with E-state index in [-0.39, 0.29) is 18.3 Å². The molecule has 21 heavy (non-hydrogen) atoms. The molecule has 2 saturated heterocycles. The number of fused-ring (bicyclic) bond motifs is 2. The van der Waals surface area contributed by atoms with Crippen molar-refractivity contribution in [1.82, 2.24) is 10.6 Å². The number of rotatable bonds is 4. The van der Waals surface area contributed by atoms with Crippen molar-refractivity contribution >= 4 is 30.1 Å². The summed E-state index contributed by atoms with van der Waals surface area (Å²) in [7, 11) is 0. The minimum Gasteiger partial charge on any atom is -0.353 e. The van der Waals surface area contributed by atoms with Gasteiger partial charge in [0.05, 0.1) is 5.75 Å². The summed E-state index contributed by atoms with van der Waals surface area (Å²) < 4.78 is 0. The van der Waals surface area contributed by atoms with E-state index in [0.717, 1.165) is 17.7 Å². The van der Waals surface area contributed by atoms with E-state index in [1.54, 1.807) is 11.8 Å². The monoisotopic (exact) mass is 326 g/mol. The van der Waals surface area contributed by atoms with Crippen molar-refractivity contribution in [2.24, 2.45) is 0 Å². The number of hydrogen-bond acceptors (Lipinski definition) is 3. The highest BCUT2D eigenvalue weighted by Gasteiger charge is 2.33. The molecular weight excluding hydrogens is 304 g/mol. The predicted molar refractivity (Wildman–Crippen MR) is 90.3 cm³/mol. The zero-order chi connectivity index (χ0) is 13.9. The van der Waals surface area contributed by atoms with Gasteiger partial charge in [-0.25, -0.2) is 0 Å². The molecule has 2 bridgehead atoms. The van der Waals surface area contributed by atoms with Gasteiger partial charge in [0.2, 0.25) is 5.91 Å². The molecule has 3 nitrogen and oxygen atoms in total. The quantitative estimate of drug-likeness (QED) is 0.836. The maximum atomic E-state index is 12.0. The van der Waals surface area contributed by atoms with E-state index in [9.17, 15) is 4.79 Å². The lowest BCUT2D eigenvalue weighted by molar-refractivity contribution is -0.119. The molecular formula is C16H23ClN2OS. The number of amides is 1. The lowest BCUT2D eigenvalue weighted by Gasteiger charge is -2.29. The van der Waals surface area contributed by atoms with Gasteiger partial charge in [-0.3, -0.25) is 4.79 Å². The van der Waals surface area contributed by atoms with Crippen LogP contribution in [0.3, 0.4) is 0 Å². The Balaban J connectivity index is 0.00000161. The van der Waals surface area contributed by atoms with Gasteiger partial charge in [0.1, 0.15) is 0 Å². The molecule has 1 aromatic carbocycles. The maximum Gasteiger partial charge on any atom is 0.230 e. The summed E-state index contributed by atoms with van der Waals surface area (Å²) >= 11 is 1.62. The van der Waals surface area contributed by atoms with Gasteiger partial charge >= 0.3 is 0 Å². The SMILES string of the molecule is Cc1ccc(SCC(=O)NC2CC3CCC(C2)N3)cc1.Cl. The minimum atomic E-state index is 0. The molecule has 1 amide bonds. The molecule has 2 fully saturated rings. The highest BCUT2D eigenvalue weighted by Crippen LogP contribution is 2.27. The van der Waals surface area contributed by atoms with E-state index < -0.39 is 0 Å². The predicted octanol–water partition coefficient (Wildman–Crippen LogP) is 2.91. The van der Waals surface area contributed by atoms with Crippen LogP contribution in [0, 0.1) is 6.92 Å². The number of carbonyl (C=O) groups excluding carboxylic acids is 1. The Bertz CT molecular complexity index is 468. The van der Waals surface area contributed by atoms with Gasteiger partial charge in [0.15, 0.2) is 0 Å². The van der Waals surface area contributed by atoms with Crippen LogP contribution in [-0.4, -0.2) is 29.8 Å². The summed E-state index contributed by atoms with van der Waals surface area (Å²) in [6.07, 6.45) is 4.74. The van der Waals surface area contributed by atoms with Gasteiger partial charge < -0.3 is 10.6 Å². The first kappa shape index (κ1) is 16.7. The van der Waals surface area contributed by atoms with Crippen molar-refractivity contribution in [3.8, 4) is 0 Å². The van der Waals surface area contributed by atoms with E-state index in [1.807, 2.05) is 0 Å². The van der Waals surface area contributed by atoms with Crippen molar-refractivity contribution in [1.29, 1.82) is 0 Å². The molecule has 2 aliphatic rings. The molecule has 116 valence electrons. The zero-order valence-corrected chi connectivity index (χ0v) is 13.9. The fourth-order valence-corrected chi connectivity index (χ4v) is 3.94. The molecule has 0 radical (unpaired) electrons. The molecule has 0 saturated carbocycles. The highest BCUT2D eigenvalue weighted by atomic mass is 35.5.